The van der Waals surface area contributed by atoms with Gasteiger partial charge in [0, 0.05) is 6.07 Å². The number of carboxylic acids is 1. The molecule has 0 aromatic heterocycles. The number of anilines is 1. The molecule has 0 amide bonds. The number of benzene rings is 1. The Hall–Kier alpha value is -2.31. The zero-order valence-corrected chi connectivity index (χ0v) is 9.34. The maximum atomic E-state index is 11.0. The van der Waals surface area contributed by atoms with E-state index >= 15 is 0 Å². The first-order valence-corrected chi connectivity index (χ1v) is 4.81. The third kappa shape index (κ3) is 2.63. The van der Waals surface area contributed by atoms with E-state index in [1.807, 2.05) is 0 Å². The Morgan fingerprint density at radius 2 is 2.12 bits per heavy atom. The Balaban J connectivity index is 3.39. The van der Waals surface area contributed by atoms with Crippen LogP contribution in [-0.4, -0.2) is 22.1 Å². The van der Waals surface area contributed by atoms with Crippen molar-refractivity contribution >= 4 is 17.3 Å². The highest BCUT2D eigenvalue weighted by Gasteiger charge is 2.24. The predicted octanol–water partition coefficient (Wildman–Crippen LogP) is 1.66. The molecule has 1 aromatic carbocycles. The second-order valence-electron chi connectivity index (χ2n) is 3.60. The van der Waals surface area contributed by atoms with Gasteiger partial charge in [-0.2, -0.15) is 0 Å². The van der Waals surface area contributed by atoms with E-state index in [0.29, 0.717) is 0 Å². The van der Waals surface area contributed by atoms with Gasteiger partial charge in [-0.05, 0) is 19.9 Å². The van der Waals surface area contributed by atoms with Crippen LogP contribution in [0.1, 0.15) is 24.2 Å². The van der Waals surface area contributed by atoms with Crippen LogP contribution in [-0.2, 0) is 0 Å². The van der Waals surface area contributed by atoms with E-state index in [9.17, 15) is 14.9 Å². The molecule has 0 fully saturated rings. The van der Waals surface area contributed by atoms with Crippen LogP contribution in [0.4, 0.5) is 11.4 Å². The van der Waals surface area contributed by atoms with Crippen molar-refractivity contribution in [3.05, 3.63) is 27.8 Å². The number of nitro benzene ring substituents is 1. The molecule has 1 rings (SSSR count). The lowest BCUT2D eigenvalue weighted by atomic mass is 10.1. The number of rotatable bonds is 4. The van der Waals surface area contributed by atoms with Gasteiger partial charge in [0.05, 0.1) is 11.0 Å². The highest BCUT2D eigenvalue weighted by Crippen LogP contribution is 2.33. The molecule has 0 saturated heterocycles. The summed E-state index contributed by atoms with van der Waals surface area (Å²) in [6.07, 6.45) is -0.256. The predicted molar refractivity (Wildman–Crippen MR) is 60.2 cm³/mol. The van der Waals surface area contributed by atoms with Gasteiger partial charge in [-0.3, -0.25) is 10.1 Å². The topological polar surface area (TPSA) is 116 Å². The molecular formula is C10H12N2O5. The van der Waals surface area contributed by atoms with Crippen molar-refractivity contribution < 1.29 is 19.6 Å². The molecule has 92 valence electrons. The van der Waals surface area contributed by atoms with Gasteiger partial charge >= 0.3 is 5.97 Å². The summed E-state index contributed by atoms with van der Waals surface area (Å²) in [4.78, 5) is 20.9. The number of ether oxygens (including phenoxy) is 1. The van der Waals surface area contributed by atoms with Crippen LogP contribution in [0.5, 0.6) is 5.75 Å². The van der Waals surface area contributed by atoms with E-state index in [-0.39, 0.29) is 17.4 Å². The Morgan fingerprint density at radius 1 is 1.53 bits per heavy atom. The Kier molecular flexibility index (Phi) is 3.52. The largest absolute Gasteiger partial charge is 0.490 e. The minimum Gasteiger partial charge on any atom is -0.490 e. The maximum Gasteiger partial charge on any atom is 0.341 e. The van der Waals surface area contributed by atoms with Crippen molar-refractivity contribution in [3.8, 4) is 5.75 Å². The number of hydrogen-bond acceptors (Lipinski definition) is 5. The second kappa shape index (κ2) is 4.69. The molecule has 0 aliphatic rings. The number of nitrogen functional groups attached to an aromatic ring is 1. The smallest absolute Gasteiger partial charge is 0.341 e. The number of nitrogens with zero attached hydrogens (tertiary/aromatic N) is 1. The molecule has 0 saturated carbocycles. The normalized spacial score (nSPS) is 10.3. The number of carbonyl (C=O) groups is 1. The van der Waals surface area contributed by atoms with Crippen LogP contribution in [0.15, 0.2) is 12.1 Å². The number of carboxylic acid groups (broad SMARTS) is 1. The van der Waals surface area contributed by atoms with Crippen molar-refractivity contribution in [2.45, 2.75) is 20.0 Å². The van der Waals surface area contributed by atoms with Crippen LogP contribution >= 0.6 is 0 Å². The van der Waals surface area contributed by atoms with Crippen molar-refractivity contribution in [1.82, 2.24) is 0 Å². The number of hydrogen-bond donors (Lipinski definition) is 2. The third-order valence-corrected chi connectivity index (χ3v) is 1.96. The first kappa shape index (κ1) is 12.8. The molecule has 17 heavy (non-hydrogen) atoms. The van der Waals surface area contributed by atoms with E-state index in [1.165, 1.54) is 6.07 Å². The average molecular weight is 240 g/mol. The Labute approximate surface area is 97.0 Å². The molecule has 7 heteroatoms. The fraction of sp³-hybridized carbons (Fsp3) is 0.300. The molecule has 0 heterocycles. The van der Waals surface area contributed by atoms with Crippen LogP contribution in [0.3, 0.4) is 0 Å². The van der Waals surface area contributed by atoms with Gasteiger partial charge in [0.2, 0.25) is 0 Å². The van der Waals surface area contributed by atoms with Gasteiger partial charge in [-0.25, -0.2) is 4.79 Å². The maximum absolute atomic E-state index is 11.0. The van der Waals surface area contributed by atoms with Crippen molar-refractivity contribution in [2.24, 2.45) is 0 Å². The third-order valence-electron chi connectivity index (χ3n) is 1.96. The SMILES string of the molecule is CC(C)Oc1ccc([N+](=O)[O-])c(N)c1C(=O)O. The Morgan fingerprint density at radius 3 is 2.53 bits per heavy atom. The standard InChI is InChI=1S/C10H12N2O5/c1-5(2)17-7-4-3-6(12(15)16)9(11)8(7)10(13)14/h3-5H,11H2,1-2H3,(H,13,14). The molecular weight excluding hydrogens is 228 g/mol. The van der Waals surface area contributed by atoms with Gasteiger partial charge in [0.15, 0.2) is 0 Å². The van der Waals surface area contributed by atoms with Crippen LogP contribution in [0, 0.1) is 10.1 Å². The summed E-state index contributed by atoms with van der Waals surface area (Å²) in [5.41, 5.74) is 4.23. The van der Waals surface area contributed by atoms with E-state index in [2.05, 4.69) is 0 Å². The summed E-state index contributed by atoms with van der Waals surface area (Å²) in [7, 11) is 0. The zero-order chi connectivity index (χ0) is 13.2. The monoisotopic (exact) mass is 240 g/mol. The highest BCUT2D eigenvalue weighted by atomic mass is 16.6. The molecule has 1 aromatic rings. The summed E-state index contributed by atoms with van der Waals surface area (Å²) in [6.45, 7) is 3.42. The van der Waals surface area contributed by atoms with E-state index < -0.39 is 22.3 Å². The molecule has 3 N–H and O–H groups in total. The molecule has 0 atom stereocenters. The van der Waals surface area contributed by atoms with Gasteiger partial charge in [-0.15, -0.1) is 0 Å². The zero-order valence-electron chi connectivity index (χ0n) is 9.34. The number of nitrogens with two attached hydrogens (primary N) is 1. The summed E-state index contributed by atoms with van der Waals surface area (Å²) in [6, 6.07) is 2.36. The van der Waals surface area contributed by atoms with Crippen LogP contribution in [0.2, 0.25) is 0 Å². The van der Waals surface area contributed by atoms with Crippen molar-refractivity contribution in [2.75, 3.05) is 5.73 Å². The van der Waals surface area contributed by atoms with Gasteiger partial charge in [0.1, 0.15) is 17.0 Å². The van der Waals surface area contributed by atoms with E-state index in [4.69, 9.17) is 15.6 Å². The first-order chi connectivity index (χ1) is 7.84. The average Bonchev–Trinajstić information content (AvgIpc) is 2.15. The van der Waals surface area contributed by atoms with Gasteiger partial charge in [-0.1, -0.05) is 0 Å². The minimum atomic E-state index is -1.36. The molecule has 0 bridgehead atoms. The lowest BCUT2D eigenvalue weighted by Gasteiger charge is -2.13. The van der Waals surface area contributed by atoms with Crippen molar-refractivity contribution in [1.29, 1.82) is 0 Å². The lowest BCUT2D eigenvalue weighted by molar-refractivity contribution is -0.383. The molecule has 0 radical (unpaired) electrons. The highest BCUT2D eigenvalue weighted by molar-refractivity contribution is 5.99. The summed E-state index contributed by atoms with van der Waals surface area (Å²) in [5.74, 6) is -1.34. The molecule has 0 aliphatic carbocycles. The molecule has 0 aliphatic heterocycles. The summed E-state index contributed by atoms with van der Waals surface area (Å²) >= 11 is 0. The van der Waals surface area contributed by atoms with Crippen LogP contribution < -0.4 is 10.5 Å². The van der Waals surface area contributed by atoms with E-state index in [1.54, 1.807) is 13.8 Å². The van der Waals surface area contributed by atoms with Crippen LogP contribution in [0.25, 0.3) is 0 Å². The van der Waals surface area contributed by atoms with Gasteiger partial charge in [0.25, 0.3) is 5.69 Å². The quantitative estimate of drug-likeness (QED) is 0.469. The van der Waals surface area contributed by atoms with Crippen molar-refractivity contribution in [3.63, 3.8) is 0 Å². The summed E-state index contributed by atoms with van der Waals surface area (Å²) < 4.78 is 5.24. The fourth-order valence-corrected chi connectivity index (χ4v) is 1.32. The van der Waals surface area contributed by atoms with Gasteiger partial charge < -0.3 is 15.6 Å². The molecule has 7 nitrogen and oxygen atoms in total. The Bertz CT molecular complexity index is 470. The fourth-order valence-electron chi connectivity index (χ4n) is 1.32. The lowest BCUT2D eigenvalue weighted by Crippen LogP contribution is -2.12. The molecule has 0 unspecified atom stereocenters. The second-order valence-corrected chi connectivity index (χ2v) is 3.60. The number of aromatic carboxylic acids is 1. The van der Waals surface area contributed by atoms with E-state index in [0.717, 1.165) is 6.07 Å². The minimum absolute atomic E-state index is 0.0237. The molecule has 0 spiro atoms. The summed E-state index contributed by atoms with van der Waals surface area (Å²) in [5, 5.41) is 19.6. The number of nitro groups is 1. The first-order valence-electron chi connectivity index (χ1n) is 4.81.